The van der Waals surface area contributed by atoms with Gasteiger partial charge in [-0.25, -0.2) is 15.0 Å². The van der Waals surface area contributed by atoms with Gasteiger partial charge >= 0.3 is 0 Å². The fraction of sp³-hybridized carbons (Fsp3) is 0.714. The summed E-state index contributed by atoms with van der Waals surface area (Å²) in [5, 5.41) is 4.40. The molecule has 2 aliphatic rings. The smallest absolute Gasteiger partial charge is 0.224 e. The van der Waals surface area contributed by atoms with Crippen LogP contribution in [0.25, 0.3) is 10.9 Å². The Kier molecular flexibility index (Phi) is 9.35. The molecule has 3 heterocycles. The molecule has 0 aromatic carbocycles. The van der Waals surface area contributed by atoms with E-state index < -0.39 is 0 Å². The highest BCUT2D eigenvalue weighted by atomic mass is 16.5. The van der Waals surface area contributed by atoms with Crippen molar-refractivity contribution in [2.75, 3.05) is 39.0 Å². The van der Waals surface area contributed by atoms with Gasteiger partial charge in [0, 0.05) is 64.1 Å². The second kappa shape index (κ2) is 12.7. The van der Waals surface area contributed by atoms with Gasteiger partial charge in [0.15, 0.2) is 0 Å². The number of fused-ring (bicyclic) bond motifs is 1. The number of piperidine rings is 1. The minimum Gasteiger partial charge on any atom is -0.474 e. The molecule has 0 radical (unpaired) electrons. The van der Waals surface area contributed by atoms with E-state index in [1.807, 2.05) is 26.5 Å². The molecule has 0 spiro atoms. The van der Waals surface area contributed by atoms with Crippen LogP contribution in [0.3, 0.4) is 0 Å². The van der Waals surface area contributed by atoms with E-state index in [9.17, 15) is 4.79 Å². The SMILES string of the molecule is CCCC(C)Nc1ncc2c(OC3CCN(CCC(=O)N(C)C)CC3)ncc(C3CCCCC3)c2n1. The monoisotopic (exact) mass is 496 g/mol. The summed E-state index contributed by atoms with van der Waals surface area (Å²) in [6.45, 7) is 7.06. The van der Waals surface area contributed by atoms with Gasteiger partial charge in [0.25, 0.3) is 0 Å². The molecule has 1 amide bonds. The van der Waals surface area contributed by atoms with Crippen LogP contribution in [0.4, 0.5) is 5.95 Å². The molecule has 2 aromatic heterocycles. The number of hydrogen-bond acceptors (Lipinski definition) is 7. The zero-order chi connectivity index (χ0) is 25.5. The quantitative estimate of drug-likeness (QED) is 0.496. The van der Waals surface area contributed by atoms with E-state index in [1.54, 1.807) is 4.90 Å². The fourth-order valence-corrected chi connectivity index (χ4v) is 5.50. The van der Waals surface area contributed by atoms with E-state index >= 15 is 0 Å². The lowest BCUT2D eigenvalue weighted by Crippen LogP contribution is -2.40. The van der Waals surface area contributed by atoms with Crippen LogP contribution >= 0.6 is 0 Å². The van der Waals surface area contributed by atoms with E-state index in [0.29, 0.717) is 30.2 Å². The third-order valence-electron chi connectivity index (χ3n) is 7.71. The average molecular weight is 497 g/mol. The molecule has 1 aliphatic carbocycles. The molecule has 4 rings (SSSR count). The highest BCUT2D eigenvalue weighted by molar-refractivity contribution is 5.86. The maximum Gasteiger partial charge on any atom is 0.224 e. The molecule has 1 unspecified atom stereocenters. The fourth-order valence-electron chi connectivity index (χ4n) is 5.50. The van der Waals surface area contributed by atoms with E-state index in [0.717, 1.165) is 56.2 Å². The molecule has 2 aromatic rings. The van der Waals surface area contributed by atoms with Crippen LogP contribution in [-0.2, 0) is 4.79 Å². The molecule has 1 saturated heterocycles. The minimum absolute atomic E-state index is 0.115. The summed E-state index contributed by atoms with van der Waals surface area (Å²) >= 11 is 0. The van der Waals surface area contributed by atoms with Gasteiger partial charge in [-0.05, 0) is 44.9 Å². The molecule has 0 bridgehead atoms. The second-order valence-corrected chi connectivity index (χ2v) is 10.8. The molecule has 8 heteroatoms. The summed E-state index contributed by atoms with van der Waals surface area (Å²) < 4.78 is 6.47. The summed E-state index contributed by atoms with van der Waals surface area (Å²) in [6, 6.07) is 0.335. The van der Waals surface area contributed by atoms with E-state index in [4.69, 9.17) is 14.7 Å². The summed E-state index contributed by atoms with van der Waals surface area (Å²) in [5.41, 5.74) is 2.23. The number of likely N-dealkylation sites (tertiary alicyclic amines) is 1. The summed E-state index contributed by atoms with van der Waals surface area (Å²) in [5.74, 6) is 2.03. The third-order valence-corrected chi connectivity index (χ3v) is 7.71. The molecular formula is C28H44N6O2. The number of pyridine rings is 1. The Hall–Kier alpha value is -2.48. The lowest BCUT2D eigenvalue weighted by atomic mass is 9.84. The van der Waals surface area contributed by atoms with Gasteiger partial charge in [-0.1, -0.05) is 32.6 Å². The molecule has 8 nitrogen and oxygen atoms in total. The van der Waals surface area contributed by atoms with Crippen molar-refractivity contribution in [2.24, 2.45) is 0 Å². The zero-order valence-electron chi connectivity index (χ0n) is 22.6. The van der Waals surface area contributed by atoms with Crippen molar-refractivity contribution < 1.29 is 9.53 Å². The predicted molar refractivity (Wildman–Crippen MR) is 145 cm³/mol. The van der Waals surface area contributed by atoms with Crippen molar-refractivity contribution in [3.8, 4) is 5.88 Å². The van der Waals surface area contributed by atoms with Gasteiger partial charge < -0.3 is 19.9 Å². The predicted octanol–water partition coefficient (Wildman–Crippen LogP) is 4.99. The van der Waals surface area contributed by atoms with Gasteiger partial charge in [-0.3, -0.25) is 4.79 Å². The molecule has 1 aliphatic heterocycles. The molecule has 1 atom stereocenters. The Morgan fingerprint density at radius 2 is 1.89 bits per heavy atom. The highest BCUT2D eigenvalue weighted by Crippen LogP contribution is 2.38. The number of ether oxygens (including phenoxy) is 1. The number of carbonyl (C=O) groups excluding carboxylic acids is 1. The molecule has 198 valence electrons. The van der Waals surface area contributed by atoms with E-state index in [2.05, 4.69) is 29.0 Å². The largest absolute Gasteiger partial charge is 0.474 e. The Morgan fingerprint density at radius 3 is 2.58 bits per heavy atom. The van der Waals surface area contributed by atoms with Crippen molar-refractivity contribution in [3.63, 3.8) is 0 Å². The topological polar surface area (TPSA) is 83.5 Å². The number of anilines is 1. The van der Waals surface area contributed by atoms with Crippen LogP contribution in [-0.4, -0.2) is 76.5 Å². The van der Waals surface area contributed by atoms with Crippen LogP contribution in [0.5, 0.6) is 5.88 Å². The van der Waals surface area contributed by atoms with Crippen LogP contribution in [0.15, 0.2) is 12.4 Å². The zero-order valence-corrected chi connectivity index (χ0v) is 22.6. The van der Waals surface area contributed by atoms with Gasteiger partial charge in [-0.2, -0.15) is 0 Å². The maximum absolute atomic E-state index is 11.9. The lowest BCUT2D eigenvalue weighted by Gasteiger charge is -2.32. The van der Waals surface area contributed by atoms with Crippen LogP contribution in [0.2, 0.25) is 0 Å². The van der Waals surface area contributed by atoms with Gasteiger partial charge in [-0.15, -0.1) is 0 Å². The molecule has 1 N–H and O–H groups in total. The lowest BCUT2D eigenvalue weighted by molar-refractivity contribution is -0.129. The Morgan fingerprint density at radius 1 is 1.14 bits per heavy atom. The third kappa shape index (κ3) is 6.84. The number of nitrogens with zero attached hydrogens (tertiary/aromatic N) is 5. The minimum atomic E-state index is 0.115. The first kappa shape index (κ1) is 26.6. The summed E-state index contributed by atoms with van der Waals surface area (Å²) in [4.78, 5) is 30.4. The van der Waals surface area contributed by atoms with Crippen molar-refractivity contribution >= 4 is 22.8 Å². The van der Waals surface area contributed by atoms with Crippen molar-refractivity contribution in [1.29, 1.82) is 0 Å². The van der Waals surface area contributed by atoms with Gasteiger partial charge in [0.2, 0.25) is 17.7 Å². The Labute approximate surface area is 216 Å². The number of hydrogen-bond donors (Lipinski definition) is 1. The standard InChI is InChI=1S/C28H44N6O2/c1-5-9-20(2)31-28-30-19-24-26(32-28)23(21-10-7-6-8-11-21)18-29-27(24)36-22-12-15-34(16-13-22)17-14-25(35)33(3)4/h18-22H,5-17H2,1-4H3,(H,30,31,32). The first-order valence-electron chi connectivity index (χ1n) is 14.0. The second-order valence-electron chi connectivity index (χ2n) is 10.8. The molecule has 2 fully saturated rings. The number of aromatic nitrogens is 3. The summed E-state index contributed by atoms with van der Waals surface area (Å²) in [7, 11) is 3.63. The maximum atomic E-state index is 11.9. The van der Waals surface area contributed by atoms with Gasteiger partial charge in [0.1, 0.15) is 6.10 Å². The Balaban J connectivity index is 1.48. The molecule has 1 saturated carbocycles. The number of rotatable bonds is 10. The Bertz CT molecular complexity index is 999. The van der Waals surface area contributed by atoms with Crippen molar-refractivity contribution in [2.45, 2.75) is 96.1 Å². The van der Waals surface area contributed by atoms with Gasteiger partial charge in [0.05, 0.1) is 10.9 Å². The molecular weight excluding hydrogens is 452 g/mol. The first-order chi connectivity index (χ1) is 17.4. The number of nitrogens with one attached hydrogen (secondary N) is 1. The first-order valence-corrected chi connectivity index (χ1v) is 14.0. The van der Waals surface area contributed by atoms with E-state index in [-0.39, 0.29) is 12.0 Å². The van der Waals surface area contributed by atoms with Crippen molar-refractivity contribution in [3.05, 3.63) is 18.0 Å². The number of carbonyl (C=O) groups is 1. The normalized spacial score (nSPS) is 18.8. The molecule has 36 heavy (non-hydrogen) atoms. The van der Waals surface area contributed by atoms with Crippen LogP contribution in [0, 0.1) is 0 Å². The van der Waals surface area contributed by atoms with Crippen molar-refractivity contribution in [1.82, 2.24) is 24.8 Å². The number of amides is 1. The highest BCUT2D eigenvalue weighted by Gasteiger charge is 2.25. The van der Waals surface area contributed by atoms with Crippen LogP contribution < -0.4 is 10.1 Å². The van der Waals surface area contributed by atoms with Crippen LogP contribution in [0.1, 0.15) is 89.5 Å². The van der Waals surface area contributed by atoms with E-state index in [1.165, 1.54) is 37.7 Å². The average Bonchev–Trinajstić information content (AvgIpc) is 2.88. The summed E-state index contributed by atoms with van der Waals surface area (Å²) in [6.07, 6.45) is 14.9.